The van der Waals surface area contributed by atoms with E-state index in [-0.39, 0.29) is 5.69 Å². The topological polar surface area (TPSA) is 78.4 Å². The molecule has 2 atom stereocenters. The molecule has 3 heterocycles. The highest BCUT2D eigenvalue weighted by Gasteiger charge is 2.37. The van der Waals surface area contributed by atoms with E-state index < -0.39 is 5.97 Å². The van der Waals surface area contributed by atoms with Crippen molar-refractivity contribution in [2.24, 2.45) is 0 Å². The van der Waals surface area contributed by atoms with E-state index in [4.69, 9.17) is 5.11 Å². The fraction of sp³-hybridized carbons (Fsp3) is 0.583. The summed E-state index contributed by atoms with van der Waals surface area (Å²) in [6.45, 7) is 2.34. The number of hydrogen-bond donors (Lipinski definition) is 2. The lowest BCUT2D eigenvalue weighted by Gasteiger charge is -2.21. The molecule has 0 amide bonds. The number of hydrogen-bond acceptors (Lipinski definition) is 5. The predicted octanol–water partition coefficient (Wildman–Crippen LogP) is 0.823. The summed E-state index contributed by atoms with van der Waals surface area (Å²) in [5, 5.41) is 19.7. The summed E-state index contributed by atoms with van der Waals surface area (Å²) in [5.41, 5.74) is -0.0190. The molecule has 0 spiro atoms. The molecular weight excluding hydrogens is 232 g/mol. The maximum absolute atomic E-state index is 10.7. The van der Waals surface area contributed by atoms with Crippen LogP contribution in [0.2, 0.25) is 0 Å². The van der Waals surface area contributed by atoms with Crippen molar-refractivity contribution in [2.75, 3.05) is 18.4 Å². The van der Waals surface area contributed by atoms with Crippen molar-refractivity contribution in [2.45, 2.75) is 31.3 Å². The van der Waals surface area contributed by atoms with Gasteiger partial charge in [-0.15, -0.1) is 10.2 Å². The number of anilines is 1. The van der Waals surface area contributed by atoms with Gasteiger partial charge in [-0.2, -0.15) is 0 Å². The Bertz CT molecular complexity index is 448. The summed E-state index contributed by atoms with van der Waals surface area (Å²) < 4.78 is 0. The molecule has 0 saturated carbocycles. The zero-order chi connectivity index (χ0) is 12.5. The van der Waals surface area contributed by atoms with Crippen molar-refractivity contribution in [3.8, 4) is 0 Å². The quantitative estimate of drug-likeness (QED) is 0.824. The summed E-state index contributed by atoms with van der Waals surface area (Å²) in [7, 11) is 0. The molecule has 96 valence electrons. The molecular formula is C12H16N4O2. The molecule has 2 N–H and O–H groups in total. The van der Waals surface area contributed by atoms with Gasteiger partial charge in [0.25, 0.3) is 0 Å². The lowest BCUT2D eigenvalue weighted by atomic mass is 10.1. The van der Waals surface area contributed by atoms with Gasteiger partial charge in [0, 0.05) is 18.6 Å². The second-order valence-electron chi connectivity index (χ2n) is 4.89. The molecule has 1 aromatic heterocycles. The average molecular weight is 248 g/mol. The Hall–Kier alpha value is -1.69. The predicted molar refractivity (Wildman–Crippen MR) is 65.6 cm³/mol. The molecule has 2 aliphatic heterocycles. The van der Waals surface area contributed by atoms with Crippen LogP contribution in [0.3, 0.4) is 0 Å². The largest absolute Gasteiger partial charge is 0.476 e. The number of nitrogens with one attached hydrogen (secondary N) is 1. The minimum absolute atomic E-state index is 0.0190. The summed E-state index contributed by atoms with van der Waals surface area (Å²) >= 11 is 0. The third-order valence-corrected chi connectivity index (χ3v) is 3.82. The summed E-state index contributed by atoms with van der Waals surface area (Å²) in [4.78, 5) is 13.2. The number of fused-ring (bicyclic) bond motifs is 1. The van der Waals surface area contributed by atoms with Crippen molar-refractivity contribution in [1.82, 2.24) is 15.1 Å². The van der Waals surface area contributed by atoms with E-state index in [0.717, 1.165) is 13.0 Å². The van der Waals surface area contributed by atoms with Crippen LogP contribution in [-0.4, -0.2) is 51.3 Å². The van der Waals surface area contributed by atoms with Gasteiger partial charge in [0.05, 0.1) is 0 Å². The van der Waals surface area contributed by atoms with Gasteiger partial charge in [-0.05, 0) is 37.9 Å². The smallest absolute Gasteiger partial charge is 0.356 e. The molecule has 3 rings (SSSR count). The van der Waals surface area contributed by atoms with E-state index in [0.29, 0.717) is 17.9 Å². The summed E-state index contributed by atoms with van der Waals surface area (Å²) in [6, 6.07) is 4.19. The van der Waals surface area contributed by atoms with E-state index in [2.05, 4.69) is 20.4 Å². The first-order valence-corrected chi connectivity index (χ1v) is 6.31. The third kappa shape index (κ3) is 2.03. The van der Waals surface area contributed by atoms with Crippen LogP contribution in [0.4, 0.5) is 5.82 Å². The van der Waals surface area contributed by atoms with E-state index in [1.807, 2.05) is 0 Å². The highest BCUT2D eigenvalue weighted by molar-refractivity contribution is 5.85. The van der Waals surface area contributed by atoms with E-state index >= 15 is 0 Å². The van der Waals surface area contributed by atoms with Crippen LogP contribution in [0.1, 0.15) is 29.8 Å². The van der Waals surface area contributed by atoms with Crippen molar-refractivity contribution in [3.05, 3.63) is 17.8 Å². The lowest BCUT2D eigenvalue weighted by molar-refractivity contribution is 0.0689. The highest BCUT2D eigenvalue weighted by atomic mass is 16.4. The van der Waals surface area contributed by atoms with Crippen LogP contribution in [0, 0.1) is 0 Å². The summed E-state index contributed by atoms with van der Waals surface area (Å²) in [5.74, 6) is -0.379. The second-order valence-corrected chi connectivity index (χ2v) is 4.89. The molecule has 18 heavy (non-hydrogen) atoms. The minimum atomic E-state index is -1.04. The number of aromatic nitrogens is 2. The van der Waals surface area contributed by atoms with Crippen LogP contribution < -0.4 is 5.32 Å². The number of carbonyl (C=O) groups is 1. The SMILES string of the molecule is O=C(O)c1ccc(NC2CCN3CCCC23)nn1. The van der Waals surface area contributed by atoms with Crippen molar-refractivity contribution < 1.29 is 9.90 Å². The average Bonchev–Trinajstić information content (AvgIpc) is 2.95. The maximum Gasteiger partial charge on any atom is 0.356 e. The Labute approximate surface area is 105 Å². The number of nitrogens with zero attached hydrogens (tertiary/aromatic N) is 3. The zero-order valence-electron chi connectivity index (χ0n) is 10.0. The monoisotopic (exact) mass is 248 g/mol. The Kier molecular flexibility index (Phi) is 2.87. The van der Waals surface area contributed by atoms with Gasteiger partial charge in [-0.25, -0.2) is 4.79 Å². The first kappa shape index (κ1) is 11.4. The molecule has 1 aromatic rings. The standard InChI is InChI=1S/C12H16N4O2/c17-12(18)9-3-4-11(15-14-9)13-8-5-7-16-6-1-2-10(8)16/h3-4,8,10H,1-2,5-7H2,(H,13,15)(H,17,18). The van der Waals surface area contributed by atoms with Crippen LogP contribution >= 0.6 is 0 Å². The second kappa shape index (κ2) is 4.53. The molecule has 2 unspecified atom stereocenters. The van der Waals surface area contributed by atoms with E-state index in [1.54, 1.807) is 6.07 Å². The molecule has 0 aromatic carbocycles. The third-order valence-electron chi connectivity index (χ3n) is 3.82. The van der Waals surface area contributed by atoms with Crippen LogP contribution in [0.25, 0.3) is 0 Å². The Morgan fingerprint density at radius 3 is 2.94 bits per heavy atom. The van der Waals surface area contributed by atoms with Gasteiger partial charge in [0.2, 0.25) is 0 Å². The van der Waals surface area contributed by atoms with Crippen molar-refractivity contribution in [3.63, 3.8) is 0 Å². The van der Waals surface area contributed by atoms with Gasteiger partial charge in [-0.1, -0.05) is 0 Å². The van der Waals surface area contributed by atoms with E-state index in [9.17, 15) is 4.79 Å². The molecule has 0 aliphatic carbocycles. The molecule has 6 heteroatoms. The van der Waals surface area contributed by atoms with Gasteiger partial charge >= 0.3 is 5.97 Å². The summed E-state index contributed by atoms with van der Waals surface area (Å²) in [6.07, 6.45) is 3.62. The fourth-order valence-corrected chi connectivity index (χ4v) is 2.96. The highest BCUT2D eigenvalue weighted by Crippen LogP contribution is 2.29. The zero-order valence-corrected chi connectivity index (χ0v) is 10.0. The van der Waals surface area contributed by atoms with Gasteiger partial charge < -0.3 is 10.4 Å². The van der Waals surface area contributed by atoms with Gasteiger partial charge in [0.15, 0.2) is 5.69 Å². The molecule has 2 fully saturated rings. The van der Waals surface area contributed by atoms with Crippen LogP contribution in [0.5, 0.6) is 0 Å². The van der Waals surface area contributed by atoms with Crippen molar-refractivity contribution in [1.29, 1.82) is 0 Å². The first-order chi connectivity index (χ1) is 8.74. The maximum atomic E-state index is 10.7. The van der Waals surface area contributed by atoms with Crippen LogP contribution in [-0.2, 0) is 0 Å². The molecule has 2 aliphatic rings. The van der Waals surface area contributed by atoms with Crippen molar-refractivity contribution >= 4 is 11.8 Å². The molecule has 2 saturated heterocycles. The molecule has 0 radical (unpaired) electrons. The van der Waals surface area contributed by atoms with Gasteiger partial charge in [0.1, 0.15) is 5.82 Å². The van der Waals surface area contributed by atoms with E-state index in [1.165, 1.54) is 25.5 Å². The normalized spacial score (nSPS) is 27.1. The Morgan fingerprint density at radius 1 is 1.33 bits per heavy atom. The Balaban J connectivity index is 1.67. The molecule has 6 nitrogen and oxygen atoms in total. The number of aromatic carboxylic acids is 1. The van der Waals surface area contributed by atoms with Crippen LogP contribution in [0.15, 0.2) is 12.1 Å². The molecule has 0 bridgehead atoms. The number of carboxylic acids is 1. The number of rotatable bonds is 3. The first-order valence-electron chi connectivity index (χ1n) is 6.31. The lowest BCUT2D eigenvalue weighted by Crippen LogP contribution is -2.34. The number of carboxylic acid groups (broad SMARTS) is 1. The Morgan fingerprint density at radius 2 is 2.22 bits per heavy atom. The minimum Gasteiger partial charge on any atom is -0.476 e. The fourth-order valence-electron chi connectivity index (χ4n) is 2.96. The van der Waals surface area contributed by atoms with Gasteiger partial charge in [-0.3, -0.25) is 4.90 Å².